The number of anilines is 1. The summed E-state index contributed by atoms with van der Waals surface area (Å²) in [6.07, 6.45) is 1.68. The van der Waals surface area contributed by atoms with E-state index in [-0.39, 0.29) is 12.3 Å². The maximum atomic E-state index is 13.9. The van der Waals surface area contributed by atoms with Crippen LogP contribution in [0.15, 0.2) is 42.5 Å². The Hall–Kier alpha value is -2.14. The van der Waals surface area contributed by atoms with Gasteiger partial charge in [-0.05, 0) is 36.2 Å². The van der Waals surface area contributed by atoms with Crippen molar-refractivity contribution in [1.82, 2.24) is 5.43 Å². The average Bonchev–Trinajstić information content (AvgIpc) is 2.51. The molecule has 0 aromatic heterocycles. The molecule has 0 bridgehead atoms. The summed E-state index contributed by atoms with van der Waals surface area (Å²) in [5.41, 5.74) is 7.26. The van der Waals surface area contributed by atoms with Gasteiger partial charge in [-0.2, -0.15) is 0 Å². The minimum atomic E-state index is -0.674. The van der Waals surface area contributed by atoms with Gasteiger partial charge in [0.1, 0.15) is 0 Å². The molecule has 22 heavy (non-hydrogen) atoms. The lowest BCUT2D eigenvalue weighted by atomic mass is 10.2. The van der Waals surface area contributed by atoms with Crippen LogP contribution in [0, 0.1) is 11.6 Å². The van der Waals surface area contributed by atoms with Crippen molar-refractivity contribution in [2.24, 2.45) is 0 Å². The monoisotopic (exact) mass is 306 g/mol. The van der Waals surface area contributed by atoms with Crippen molar-refractivity contribution in [2.45, 2.75) is 26.3 Å². The number of unbranched alkanes of at least 4 members (excludes halogenated alkanes) is 1. The van der Waals surface area contributed by atoms with Crippen LogP contribution in [-0.2, 0) is 6.54 Å². The number of ether oxygens (including phenoxy) is 1. The second kappa shape index (κ2) is 8.34. The van der Waals surface area contributed by atoms with Crippen LogP contribution in [0.2, 0.25) is 0 Å². The highest BCUT2D eigenvalue weighted by molar-refractivity contribution is 5.41. The second-order valence-electron chi connectivity index (χ2n) is 4.94. The third-order valence-electron chi connectivity index (χ3n) is 3.10. The van der Waals surface area contributed by atoms with Crippen LogP contribution < -0.4 is 15.6 Å². The second-order valence-corrected chi connectivity index (χ2v) is 4.94. The Balaban J connectivity index is 1.92. The lowest BCUT2D eigenvalue weighted by Gasteiger charge is -2.11. The zero-order valence-corrected chi connectivity index (χ0v) is 12.5. The van der Waals surface area contributed by atoms with Gasteiger partial charge in [0, 0.05) is 12.2 Å². The van der Waals surface area contributed by atoms with Gasteiger partial charge in [-0.1, -0.05) is 31.5 Å². The molecule has 0 amide bonds. The van der Waals surface area contributed by atoms with E-state index in [1.807, 2.05) is 37.3 Å². The first-order valence-electron chi connectivity index (χ1n) is 7.35. The predicted molar refractivity (Wildman–Crippen MR) is 83.7 cm³/mol. The van der Waals surface area contributed by atoms with E-state index < -0.39 is 11.6 Å². The predicted octanol–water partition coefficient (Wildman–Crippen LogP) is 4.26. The third kappa shape index (κ3) is 4.70. The largest absolute Gasteiger partial charge is 0.488 e. The Morgan fingerprint density at radius 2 is 1.73 bits per heavy atom. The minimum absolute atomic E-state index is 0.290. The number of hydrogen-bond acceptors (Lipinski definition) is 3. The molecule has 2 rings (SSSR count). The van der Waals surface area contributed by atoms with Crippen molar-refractivity contribution < 1.29 is 13.5 Å². The molecular formula is C17H20F2N2O. The fraction of sp³-hybridized carbons (Fsp3) is 0.294. The normalized spacial score (nSPS) is 10.5. The molecule has 0 heterocycles. The average molecular weight is 306 g/mol. The van der Waals surface area contributed by atoms with Crippen LogP contribution >= 0.6 is 0 Å². The quantitative estimate of drug-likeness (QED) is 0.565. The summed E-state index contributed by atoms with van der Waals surface area (Å²) < 4.78 is 32.9. The molecule has 0 saturated heterocycles. The molecule has 2 aromatic carbocycles. The molecular weight excluding hydrogens is 286 g/mol. The smallest absolute Gasteiger partial charge is 0.190 e. The summed E-state index contributed by atoms with van der Waals surface area (Å²) in [5.74, 6) is -1.64. The van der Waals surface area contributed by atoms with Crippen molar-refractivity contribution in [3.8, 4) is 5.75 Å². The van der Waals surface area contributed by atoms with Gasteiger partial charge in [0.15, 0.2) is 17.4 Å². The van der Waals surface area contributed by atoms with Crippen LogP contribution in [0.3, 0.4) is 0 Å². The zero-order chi connectivity index (χ0) is 15.8. The van der Waals surface area contributed by atoms with Crippen molar-refractivity contribution in [1.29, 1.82) is 0 Å². The van der Waals surface area contributed by atoms with Crippen LogP contribution in [0.5, 0.6) is 5.75 Å². The number of benzene rings is 2. The summed E-state index contributed by atoms with van der Waals surface area (Å²) in [6, 6.07) is 12.0. The van der Waals surface area contributed by atoms with Gasteiger partial charge in [-0.15, -0.1) is 0 Å². The van der Waals surface area contributed by atoms with Gasteiger partial charge in [0.2, 0.25) is 0 Å². The first kappa shape index (κ1) is 16.2. The summed E-state index contributed by atoms with van der Waals surface area (Å²) in [7, 11) is 0. The molecule has 118 valence electrons. The Morgan fingerprint density at radius 3 is 2.36 bits per heavy atom. The van der Waals surface area contributed by atoms with Crippen molar-refractivity contribution >= 4 is 5.69 Å². The molecule has 0 spiro atoms. The molecule has 0 fully saturated rings. The molecule has 0 radical (unpaired) electrons. The molecule has 5 heteroatoms. The number of hydrogen-bond donors (Lipinski definition) is 2. The Morgan fingerprint density at radius 1 is 1.05 bits per heavy atom. The molecule has 0 atom stereocenters. The highest BCUT2D eigenvalue weighted by Gasteiger charge is 2.12. The molecule has 0 aliphatic carbocycles. The summed E-state index contributed by atoms with van der Waals surface area (Å²) in [5, 5.41) is 0. The van der Waals surface area contributed by atoms with E-state index in [4.69, 9.17) is 4.74 Å². The molecule has 2 aromatic rings. The van der Waals surface area contributed by atoms with Crippen molar-refractivity contribution in [3.63, 3.8) is 0 Å². The number of hydrazine groups is 1. The summed E-state index contributed by atoms with van der Waals surface area (Å²) in [6.45, 7) is 2.60. The third-order valence-corrected chi connectivity index (χ3v) is 3.10. The summed E-state index contributed by atoms with van der Waals surface area (Å²) in [4.78, 5) is 0. The van der Waals surface area contributed by atoms with Gasteiger partial charge in [-0.25, -0.2) is 14.2 Å². The van der Waals surface area contributed by atoms with Gasteiger partial charge in [-0.3, -0.25) is 0 Å². The van der Waals surface area contributed by atoms with E-state index in [0.717, 1.165) is 18.5 Å². The molecule has 2 N–H and O–H groups in total. The Labute approximate surface area is 129 Å². The van der Waals surface area contributed by atoms with Crippen LogP contribution in [0.1, 0.15) is 25.3 Å². The van der Waals surface area contributed by atoms with Crippen LogP contribution in [0.4, 0.5) is 14.5 Å². The number of nitrogens with one attached hydrogen (secondary N) is 2. The number of rotatable bonds is 8. The summed E-state index contributed by atoms with van der Waals surface area (Å²) >= 11 is 0. The molecule has 0 aliphatic rings. The van der Waals surface area contributed by atoms with Crippen molar-refractivity contribution in [3.05, 3.63) is 59.7 Å². The minimum Gasteiger partial charge on any atom is -0.488 e. The van der Waals surface area contributed by atoms with Crippen molar-refractivity contribution in [2.75, 3.05) is 12.0 Å². The van der Waals surface area contributed by atoms with E-state index in [0.29, 0.717) is 12.2 Å². The maximum absolute atomic E-state index is 13.9. The lowest BCUT2D eigenvalue weighted by Crippen LogP contribution is -2.21. The maximum Gasteiger partial charge on any atom is 0.190 e. The lowest BCUT2D eigenvalue weighted by molar-refractivity contribution is 0.278. The zero-order valence-electron chi connectivity index (χ0n) is 12.5. The van der Waals surface area contributed by atoms with E-state index in [9.17, 15) is 8.78 Å². The molecule has 0 aliphatic heterocycles. The Bertz CT molecular complexity index is 567. The molecule has 0 saturated carbocycles. The van der Waals surface area contributed by atoms with E-state index in [2.05, 4.69) is 10.9 Å². The van der Waals surface area contributed by atoms with Gasteiger partial charge >= 0.3 is 0 Å². The van der Waals surface area contributed by atoms with Gasteiger partial charge < -0.3 is 10.2 Å². The molecule has 3 nitrogen and oxygen atoms in total. The van der Waals surface area contributed by atoms with Gasteiger partial charge in [0.05, 0.1) is 6.61 Å². The topological polar surface area (TPSA) is 33.3 Å². The van der Waals surface area contributed by atoms with Crippen LogP contribution in [0.25, 0.3) is 0 Å². The van der Waals surface area contributed by atoms with Crippen LogP contribution in [-0.4, -0.2) is 6.61 Å². The van der Waals surface area contributed by atoms with E-state index in [1.165, 1.54) is 12.1 Å². The Kier molecular flexibility index (Phi) is 6.15. The van der Waals surface area contributed by atoms with Gasteiger partial charge in [0.25, 0.3) is 0 Å². The highest BCUT2D eigenvalue weighted by atomic mass is 19.1. The standard InChI is InChI=1S/C17H20F2N2O/c1-2-3-9-22-17-15(18)10-13(11-16(17)19)12-20-21-14-7-5-4-6-8-14/h4-8,10-11,20-21H,2-3,9,12H2,1H3. The number of para-hydroxylation sites is 1. The fourth-order valence-corrected chi connectivity index (χ4v) is 1.94. The number of halogens is 2. The van der Waals surface area contributed by atoms with E-state index in [1.54, 1.807) is 0 Å². The molecule has 0 unspecified atom stereocenters. The first-order valence-corrected chi connectivity index (χ1v) is 7.35. The highest BCUT2D eigenvalue weighted by Crippen LogP contribution is 2.23. The van der Waals surface area contributed by atoms with E-state index >= 15 is 0 Å². The first-order chi connectivity index (χ1) is 10.7. The SMILES string of the molecule is CCCCOc1c(F)cc(CNNc2ccccc2)cc1F. The fourth-order valence-electron chi connectivity index (χ4n) is 1.94.